The van der Waals surface area contributed by atoms with E-state index < -0.39 is 11.6 Å². The molecule has 0 heterocycles. The first-order valence-electron chi connectivity index (χ1n) is 4.59. The van der Waals surface area contributed by atoms with Crippen LogP contribution in [0.4, 0.5) is 0 Å². The minimum Gasteiger partial charge on any atom is -0.198 e. The number of hydrogen-bond donors (Lipinski definition) is 0. The molecule has 1 aliphatic carbocycles. The summed E-state index contributed by atoms with van der Waals surface area (Å²) in [5, 5.41) is 8.60. The Morgan fingerprint density at radius 3 is 2.08 bits per heavy atom. The van der Waals surface area contributed by atoms with Crippen molar-refractivity contribution in [1.82, 2.24) is 0 Å². The van der Waals surface area contributed by atoms with Crippen molar-refractivity contribution in [3.05, 3.63) is 0 Å². The van der Waals surface area contributed by atoms with Crippen molar-refractivity contribution in [2.45, 2.75) is 39.0 Å². The standard InChI is InChI=1S/C9H15N.O2S/c1-2-8-3-5-9(7-10)6-4-8;1-3-2/h8-9H,2-6H2,1H3;. The van der Waals surface area contributed by atoms with Crippen molar-refractivity contribution < 1.29 is 8.42 Å². The van der Waals surface area contributed by atoms with Crippen molar-refractivity contribution in [3.63, 3.8) is 0 Å². The first kappa shape index (κ1) is 12.3. The fourth-order valence-corrected chi connectivity index (χ4v) is 1.70. The molecular formula is C9H15NO2S. The van der Waals surface area contributed by atoms with Gasteiger partial charge in [-0.1, -0.05) is 13.3 Å². The Morgan fingerprint density at radius 2 is 1.77 bits per heavy atom. The third-order valence-corrected chi connectivity index (χ3v) is 2.61. The van der Waals surface area contributed by atoms with E-state index in [-0.39, 0.29) is 0 Å². The molecule has 4 heteroatoms. The van der Waals surface area contributed by atoms with Crippen LogP contribution in [0.3, 0.4) is 0 Å². The summed E-state index contributed by atoms with van der Waals surface area (Å²) >= 11 is -0.750. The summed E-state index contributed by atoms with van der Waals surface area (Å²) in [6, 6.07) is 2.35. The summed E-state index contributed by atoms with van der Waals surface area (Å²) < 4.78 is 16.6. The van der Waals surface area contributed by atoms with E-state index in [1.165, 1.54) is 19.3 Å². The molecule has 0 unspecified atom stereocenters. The van der Waals surface area contributed by atoms with Gasteiger partial charge in [-0.3, -0.25) is 0 Å². The Hall–Kier alpha value is -0.690. The lowest BCUT2D eigenvalue weighted by atomic mass is 9.82. The van der Waals surface area contributed by atoms with Gasteiger partial charge in [0, 0.05) is 5.92 Å². The highest BCUT2D eigenvalue weighted by atomic mass is 32.1. The van der Waals surface area contributed by atoms with Gasteiger partial charge in [-0.25, -0.2) is 0 Å². The molecule has 74 valence electrons. The number of nitriles is 1. The third-order valence-electron chi connectivity index (χ3n) is 2.61. The lowest BCUT2D eigenvalue weighted by Crippen LogP contribution is -2.12. The zero-order valence-corrected chi connectivity index (χ0v) is 8.68. The van der Waals surface area contributed by atoms with Crippen LogP contribution in [0.5, 0.6) is 0 Å². The Bertz CT molecular complexity index is 198. The topological polar surface area (TPSA) is 57.9 Å². The molecule has 0 radical (unpaired) electrons. The van der Waals surface area contributed by atoms with E-state index in [1.54, 1.807) is 0 Å². The van der Waals surface area contributed by atoms with Gasteiger partial charge in [-0.15, -0.1) is 0 Å². The molecule has 0 aliphatic heterocycles. The van der Waals surface area contributed by atoms with Crippen LogP contribution in [-0.4, -0.2) is 8.42 Å². The minimum absolute atomic E-state index is 0.378. The normalized spacial score (nSPS) is 26.5. The van der Waals surface area contributed by atoms with Crippen LogP contribution < -0.4 is 0 Å². The maximum atomic E-state index is 8.60. The van der Waals surface area contributed by atoms with Crippen LogP contribution in [0.15, 0.2) is 0 Å². The van der Waals surface area contributed by atoms with Crippen molar-refractivity contribution in [1.29, 1.82) is 5.26 Å². The summed E-state index contributed by atoms with van der Waals surface area (Å²) in [5.74, 6) is 1.30. The van der Waals surface area contributed by atoms with Crippen LogP contribution in [0.1, 0.15) is 39.0 Å². The molecule has 1 aliphatic rings. The van der Waals surface area contributed by atoms with Crippen LogP contribution in [0, 0.1) is 23.2 Å². The highest BCUT2D eigenvalue weighted by Gasteiger charge is 2.18. The Morgan fingerprint density at radius 1 is 1.31 bits per heavy atom. The molecule has 1 fully saturated rings. The molecule has 0 bridgehead atoms. The molecule has 0 aromatic heterocycles. The van der Waals surface area contributed by atoms with E-state index in [0.29, 0.717) is 5.92 Å². The molecule has 0 aromatic rings. The number of nitrogens with zero attached hydrogens (tertiary/aromatic N) is 1. The average Bonchev–Trinajstić information content (AvgIpc) is 2.19. The minimum atomic E-state index is -0.750. The quantitative estimate of drug-likeness (QED) is 0.652. The first-order valence-corrected chi connectivity index (χ1v) is 5.26. The van der Waals surface area contributed by atoms with Crippen LogP contribution in [0.2, 0.25) is 0 Å². The molecule has 3 nitrogen and oxygen atoms in total. The molecule has 0 atom stereocenters. The summed E-state index contributed by atoms with van der Waals surface area (Å²) in [6.07, 6.45) is 6.17. The Kier molecular flexibility index (Phi) is 7.51. The zero-order valence-electron chi connectivity index (χ0n) is 7.86. The van der Waals surface area contributed by atoms with Crippen molar-refractivity contribution in [2.75, 3.05) is 0 Å². The molecule has 13 heavy (non-hydrogen) atoms. The maximum absolute atomic E-state index is 8.60. The summed E-state index contributed by atoms with van der Waals surface area (Å²) in [7, 11) is 0. The second-order valence-electron chi connectivity index (χ2n) is 3.32. The van der Waals surface area contributed by atoms with Crippen LogP contribution >= 0.6 is 0 Å². The van der Waals surface area contributed by atoms with E-state index >= 15 is 0 Å². The van der Waals surface area contributed by atoms with Gasteiger partial charge in [0.15, 0.2) is 0 Å². The third kappa shape index (κ3) is 5.53. The molecule has 1 saturated carbocycles. The summed E-state index contributed by atoms with van der Waals surface area (Å²) in [6.45, 7) is 2.25. The van der Waals surface area contributed by atoms with Crippen LogP contribution in [-0.2, 0) is 11.6 Å². The van der Waals surface area contributed by atoms with Gasteiger partial charge in [-0.2, -0.15) is 13.7 Å². The van der Waals surface area contributed by atoms with Crippen molar-refractivity contribution in [2.24, 2.45) is 11.8 Å². The molecule has 0 N–H and O–H groups in total. The van der Waals surface area contributed by atoms with Crippen molar-refractivity contribution in [3.8, 4) is 6.07 Å². The molecule has 0 saturated heterocycles. The van der Waals surface area contributed by atoms with Gasteiger partial charge < -0.3 is 0 Å². The molecular weight excluding hydrogens is 186 g/mol. The lowest BCUT2D eigenvalue weighted by Gasteiger charge is -2.22. The second-order valence-corrected chi connectivity index (χ2v) is 3.46. The largest absolute Gasteiger partial charge is 0.335 e. The highest BCUT2D eigenvalue weighted by Crippen LogP contribution is 2.29. The molecule has 0 spiro atoms. The predicted octanol–water partition coefficient (Wildman–Crippen LogP) is 2.06. The summed E-state index contributed by atoms with van der Waals surface area (Å²) in [5.41, 5.74) is 0. The van der Waals surface area contributed by atoms with E-state index in [2.05, 4.69) is 13.0 Å². The second kappa shape index (κ2) is 7.93. The number of rotatable bonds is 1. The van der Waals surface area contributed by atoms with Gasteiger partial charge in [0.05, 0.1) is 6.07 Å². The van der Waals surface area contributed by atoms with Crippen molar-refractivity contribution >= 4 is 11.6 Å². The van der Waals surface area contributed by atoms with Crippen LogP contribution in [0.25, 0.3) is 0 Å². The number of hydrogen-bond acceptors (Lipinski definition) is 3. The molecule has 1 rings (SSSR count). The zero-order chi connectivity index (χ0) is 10.1. The van der Waals surface area contributed by atoms with Gasteiger partial charge >= 0.3 is 11.6 Å². The SMILES string of the molecule is CCC1CCC(C#N)CC1.O=S=O. The van der Waals surface area contributed by atoms with Gasteiger partial charge in [-0.05, 0) is 31.6 Å². The smallest absolute Gasteiger partial charge is 0.198 e. The highest BCUT2D eigenvalue weighted by molar-refractivity contribution is 7.51. The monoisotopic (exact) mass is 201 g/mol. The maximum Gasteiger partial charge on any atom is 0.335 e. The average molecular weight is 201 g/mol. The van der Waals surface area contributed by atoms with E-state index in [4.69, 9.17) is 13.7 Å². The fourth-order valence-electron chi connectivity index (χ4n) is 1.70. The van der Waals surface area contributed by atoms with Gasteiger partial charge in [0.1, 0.15) is 0 Å². The van der Waals surface area contributed by atoms with E-state index in [9.17, 15) is 0 Å². The lowest BCUT2D eigenvalue weighted by molar-refractivity contribution is 0.308. The van der Waals surface area contributed by atoms with E-state index in [1.807, 2.05) is 0 Å². The first-order chi connectivity index (χ1) is 6.28. The Labute approximate surface area is 82.7 Å². The Balaban J connectivity index is 0.000000424. The van der Waals surface area contributed by atoms with Gasteiger partial charge in [0.25, 0.3) is 0 Å². The molecule has 0 amide bonds. The predicted molar refractivity (Wildman–Crippen MR) is 50.3 cm³/mol. The summed E-state index contributed by atoms with van der Waals surface area (Å²) in [4.78, 5) is 0. The molecule has 0 aromatic carbocycles. The van der Waals surface area contributed by atoms with Gasteiger partial charge in [0.2, 0.25) is 0 Å². The fraction of sp³-hybridized carbons (Fsp3) is 0.889. The van der Waals surface area contributed by atoms with E-state index in [0.717, 1.165) is 18.8 Å².